The number of aromatic nitrogens is 2. The Morgan fingerprint density at radius 1 is 1.24 bits per heavy atom. The van der Waals surface area contributed by atoms with E-state index in [2.05, 4.69) is 20.6 Å². The van der Waals surface area contributed by atoms with Gasteiger partial charge in [0, 0.05) is 23.5 Å². The van der Waals surface area contributed by atoms with Crippen LogP contribution in [0.5, 0.6) is 0 Å². The molecule has 3 aromatic rings. The third kappa shape index (κ3) is 6.30. The monoisotopic (exact) mass is 476 g/mol. The van der Waals surface area contributed by atoms with Gasteiger partial charge in [0.2, 0.25) is 0 Å². The first-order valence-electron chi connectivity index (χ1n) is 9.87. The smallest absolute Gasteiger partial charge is 0.394 e. The van der Waals surface area contributed by atoms with Crippen molar-refractivity contribution in [3.05, 3.63) is 70.6 Å². The van der Waals surface area contributed by atoms with Crippen LogP contribution in [-0.4, -0.2) is 40.9 Å². The predicted molar refractivity (Wildman–Crippen MR) is 121 cm³/mol. The van der Waals surface area contributed by atoms with Crippen LogP contribution >= 0.6 is 11.6 Å². The summed E-state index contributed by atoms with van der Waals surface area (Å²) in [4.78, 5) is 19.7. The number of amides is 1. The minimum atomic E-state index is -4.47. The summed E-state index contributed by atoms with van der Waals surface area (Å²) in [5.74, 6) is -0.0523. The van der Waals surface area contributed by atoms with Crippen molar-refractivity contribution in [2.24, 2.45) is 0 Å². The number of anilines is 1. The standard InChI is InChI=1S/C22H21BClF3N4O2/c1-21(2,23)31-19-8-15(16(24)10-29-19)13-7-17(28-9-13)20(33)30-18(11-32)12-3-5-14(6-4-12)22(25,26)27/h3-10,18,28,32H,11H2,1-2H3,(H,29,31)(H,30,33)/t18-/m1/s1. The Balaban J connectivity index is 1.77. The number of nitrogens with zero attached hydrogens (tertiary/aromatic N) is 1. The van der Waals surface area contributed by atoms with E-state index in [1.807, 2.05) is 0 Å². The van der Waals surface area contributed by atoms with Gasteiger partial charge in [-0.1, -0.05) is 37.6 Å². The molecule has 11 heteroatoms. The highest BCUT2D eigenvalue weighted by atomic mass is 35.5. The zero-order valence-corrected chi connectivity index (χ0v) is 18.6. The number of aliphatic hydroxyl groups excluding tert-OH is 1. The van der Waals surface area contributed by atoms with Gasteiger partial charge in [-0.05, 0) is 35.3 Å². The van der Waals surface area contributed by atoms with Crippen molar-refractivity contribution in [1.82, 2.24) is 15.3 Å². The Labute approximate surface area is 195 Å². The first-order valence-corrected chi connectivity index (χ1v) is 10.3. The average Bonchev–Trinajstić information content (AvgIpc) is 3.22. The number of halogens is 4. The molecule has 4 N–H and O–H groups in total. The van der Waals surface area contributed by atoms with Gasteiger partial charge < -0.3 is 20.7 Å². The van der Waals surface area contributed by atoms with E-state index >= 15 is 0 Å². The van der Waals surface area contributed by atoms with E-state index in [0.717, 1.165) is 12.1 Å². The van der Waals surface area contributed by atoms with Crippen molar-refractivity contribution in [1.29, 1.82) is 0 Å². The van der Waals surface area contributed by atoms with Gasteiger partial charge in [-0.25, -0.2) is 4.98 Å². The van der Waals surface area contributed by atoms with Gasteiger partial charge in [0.1, 0.15) is 19.4 Å². The largest absolute Gasteiger partial charge is 0.416 e. The molecule has 1 atom stereocenters. The third-order valence-electron chi connectivity index (χ3n) is 4.67. The lowest BCUT2D eigenvalue weighted by molar-refractivity contribution is -0.137. The Morgan fingerprint density at radius 2 is 1.91 bits per heavy atom. The van der Waals surface area contributed by atoms with Crippen LogP contribution in [0.4, 0.5) is 19.0 Å². The summed E-state index contributed by atoms with van der Waals surface area (Å²) in [7, 11) is 5.96. The lowest BCUT2D eigenvalue weighted by Gasteiger charge is -2.22. The Bertz CT molecular complexity index is 1130. The van der Waals surface area contributed by atoms with Gasteiger partial charge in [-0.3, -0.25) is 4.79 Å². The number of carbonyl (C=O) groups is 1. The van der Waals surface area contributed by atoms with Crippen LogP contribution in [0.1, 0.15) is 41.5 Å². The van der Waals surface area contributed by atoms with Gasteiger partial charge >= 0.3 is 6.18 Å². The first kappa shape index (κ1) is 24.7. The molecular formula is C22H21BClF3N4O2. The van der Waals surface area contributed by atoms with Crippen molar-refractivity contribution >= 4 is 31.2 Å². The van der Waals surface area contributed by atoms with Gasteiger partial charge in [-0.2, -0.15) is 13.2 Å². The fourth-order valence-electron chi connectivity index (χ4n) is 3.11. The minimum absolute atomic E-state index is 0.178. The third-order valence-corrected chi connectivity index (χ3v) is 4.97. The van der Waals surface area contributed by atoms with Gasteiger partial charge in [0.05, 0.1) is 23.2 Å². The van der Waals surface area contributed by atoms with Crippen LogP contribution in [0, 0.1) is 0 Å². The number of hydrogen-bond donors (Lipinski definition) is 4. The second-order valence-corrected chi connectivity index (χ2v) is 8.43. The van der Waals surface area contributed by atoms with Crippen LogP contribution < -0.4 is 10.6 Å². The fraction of sp³-hybridized carbons (Fsp3) is 0.273. The zero-order valence-electron chi connectivity index (χ0n) is 17.8. The summed E-state index contributed by atoms with van der Waals surface area (Å²) in [6, 6.07) is 6.60. The lowest BCUT2D eigenvalue weighted by Crippen LogP contribution is -2.31. The molecule has 0 fully saturated rings. The van der Waals surface area contributed by atoms with E-state index in [0.29, 0.717) is 27.5 Å². The number of rotatable bonds is 7. The maximum Gasteiger partial charge on any atom is 0.416 e. The summed E-state index contributed by atoms with van der Waals surface area (Å²) in [5, 5.41) is 15.7. The molecule has 0 bridgehead atoms. The Morgan fingerprint density at radius 3 is 2.48 bits per heavy atom. The quantitative estimate of drug-likeness (QED) is 0.377. The second kappa shape index (κ2) is 9.48. The topological polar surface area (TPSA) is 90.0 Å². The molecule has 2 aromatic heterocycles. The maximum absolute atomic E-state index is 12.8. The molecular weight excluding hydrogens is 456 g/mol. The molecule has 6 nitrogen and oxygen atoms in total. The molecule has 2 heterocycles. The number of H-pyrrole nitrogens is 1. The molecule has 33 heavy (non-hydrogen) atoms. The number of nitrogens with one attached hydrogen (secondary N) is 3. The van der Waals surface area contributed by atoms with Crippen molar-refractivity contribution in [2.45, 2.75) is 31.5 Å². The molecule has 172 valence electrons. The predicted octanol–water partition coefficient (Wildman–Crippen LogP) is 4.53. The molecule has 0 aliphatic heterocycles. The molecule has 0 spiro atoms. The van der Waals surface area contributed by atoms with Crippen molar-refractivity contribution < 1.29 is 23.1 Å². The SMILES string of the molecule is [B]C(C)(C)Nc1cc(-c2c[nH]c(C(=O)N[C@H](CO)c3ccc(C(F)(F)F)cc3)c2)c(Cl)cn1. The first-order chi connectivity index (χ1) is 15.4. The summed E-state index contributed by atoms with van der Waals surface area (Å²) in [6.45, 7) is 3.05. The molecule has 3 rings (SSSR count). The highest BCUT2D eigenvalue weighted by Crippen LogP contribution is 2.31. The number of carbonyl (C=O) groups excluding carboxylic acids is 1. The highest BCUT2D eigenvalue weighted by molar-refractivity contribution is 6.33. The van der Waals surface area contributed by atoms with E-state index in [1.165, 1.54) is 18.3 Å². The molecule has 1 amide bonds. The van der Waals surface area contributed by atoms with Gasteiger partial charge in [-0.15, -0.1) is 0 Å². The van der Waals surface area contributed by atoms with Crippen molar-refractivity contribution in [2.75, 3.05) is 11.9 Å². The normalized spacial score (nSPS) is 12.9. The average molecular weight is 477 g/mol. The van der Waals surface area contributed by atoms with Crippen molar-refractivity contribution in [3.8, 4) is 11.1 Å². The molecule has 0 unspecified atom stereocenters. The van der Waals surface area contributed by atoms with Crippen LogP contribution in [0.3, 0.4) is 0 Å². The van der Waals surface area contributed by atoms with E-state index in [4.69, 9.17) is 19.4 Å². The Hall–Kier alpha value is -2.98. The molecule has 0 aliphatic rings. The van der Waals surface area contributed by atoms with E-state index in [-0.39, 0.29) is 5.69 Å². The van der Waals surface area contributed by atoms with Crippen LogP contribution in [0.2, 0.25) is 5.02 Å². The van der Waals surface area contributed by atoms with Crippen LogP contribution in [0.25, 0.3) is 11.1 Å². The molecule has 2 radical (unpaired) electrons. The number of benzene rings is 1. The second-order valence-electron chi connectivity index (χ2n) is 8.03. The number of hydrogen-bond acceptors (Lipinski definition) is 4. The summed E-state index contributed by atoms with van der Waals surface area (Å²) in [5.41, 5.74) is 0.207. The highest BCUT2D eigenvalue weighted by Gasteiger charge is 2.30. The van der Waals surface area contributed by atoms with Crippen LogP contribution in [-0.2, 0) is 6.18 Å². The lowest BCUT2D eigenvalue weighted by atomic mass is 9.82. The summed E-state index contributed by atoms with van der Waals surface area (Å²) < 4.78 is 38.3. The number of aromatic amines is 1. The molecule has 1 aromatic carbocycles. The molecule has 0 aliphatic carbocycles. The zero-order chi connectivity index (χ0) is 24.4. The van der Waals surface area contributed by atoms with E-state index < -0.39 is 35.7 Å². The van der Waals surface area contributed by atoms with E-state index in [1.54, 1.807) is 32.2 Å². The molecule has 0 saturated heterocycles. The van der Waals surface area contributed by atoms with Crippen LogP contribution in [0.15, 0.2) is 48.8 Å². The molecule has 0 saturated carbocycles. The summed E-state index contributed by atoms with van der Waals surface area (Å²) in [6.07, 6.45) is -1.43. The number of aliphatic hydroxyl groups is 1. The number of pyridine rings is 1. The van der Waals surface area contributed by atoms with Crippen molar-refractivity contribution in [3.63, 3.8) is 0 Å². The van der Waals surface area contributed by atoms with E-state index in [9.17, 15) is 23.1 Å². The van der Waals surface area contributed by atoms with Gasteiger partial charge in [0.15, 0.2) is 0 Å². The summed E-state index contributed by atoms with van der Waals surface area (Å²) >= 11 is 6.27. The fourth-order valence-corrected chi connectivity index (χ4v) is 3.33. The Kier molecular flexibility index (Phi) is 7.09. The maximum atomic E-state index is 12.8. The number of alkyl halides is 3. The van der Waals surface area contributed by atoms with Gasteiger partial charge in [0.25, 0.3) is 5.91 Å². The minimum Gasteiger partial charge on any atom is -0.394 e.